The van der Waals surface area contributed by atoms with Crippen molar-refractivity contribution in [1.82, 2.24) is 9.55 Å². The molecular formula is C13H15BrFN3. The highest BCUT2D eigenvalue weighted by molar-refractivity contribution is 9.10. The number of hydrogen-bond acceptors (Lipinski definition) is 2. The molecule has 0 radical (unpaired) electrons. The lowest BCUT2D eigenvalue weighted by Crippen LogP contribution is -2.12. The molecule has 1 aromatic carbocycles. The van der Waals surface area contributed by atoms with Gasteiger partial charge in [0.15, 0.2) is 0 Å². The van der Waals surface area contributed by atoms with Crippen LogP contribution in [0.25, 0.3) is 5.69 Å². The van der Waals surface area contributed by atoms with Gasteiger partial charge in [0.25, 0.3) is 0 Å². The van der Waals surface area contributed by atoms with Crippen LogP contribution in [-0.4, -0.2) is 16.1 Å². The molecule has 18 heavy (non-hydrogen) atoms. The summed E-state index contributed by atoms with van der Waals surface area (Å²) in [6, 6.07) is 4.85. The first-order valence-electron chi connectivity index (χ1n) is 5.80. The molecule has 96 valence electrons. The summed E-state index contributed by atoms with van der Waals surface area (Å²) in [4.78, 5) is 4.21. The van der Waals surface area contributed by atoms with Gasteiger partial charge in [0.1, 0.15) is 5.82 Å². The summed E-state index contributed by atoms with van der Waals surface area (Å²) >= 11 is 3.35. The largest absolute Gasteiger partial charge is 0.355 e. The Morgan fingerprint density at radius 3 is 2.94 bits per heavy atom. The predicted octanol–water partition coefficient (Wildman–Crippen LogP) is 3.84. The molecule has 0 bridgehead atoms. The van der Waals surface area contributed by atoms with Gasteiger partial charge in [0.05, 0.1) is 5.69 Å². The summed E-state index contributed by atoms with van der Waals surface area (Å²) < 4.78 is 16.4. The molecule has 0 unspecified atom stereocenters. The minimum atomic E-state index is -0.274. The number of imidazole rings is 1. The Balaban J connectivity index is 2.33. The number of anilines is 1. The minimum Gasteiger partial charge on any atom is -0.355 e. The third kappa shape index (κ3) is 2.90. The van der Waals surface area contributed by atoms with Gasteiger partial charge in [-0.1, -0.05) is 29.8 Å². The van der Waals surface area contributed by atoms with E-state index < -0.39 is 0 Å². The molecule has 0 saturated carbocycles. The molecule has 1 aromatic heterocycles. The van der Waals surface area contributed by atoms with Gasteiger partial charge in [0.2, 0.25) is 5.95 Å². The molecule has 0 fully saturated rings. The van der Waals surface area contributed by atoms with E-state index in [2.05, 4.69) is 40.1 Å². The molecule has 5 heteroatoms. The average molecular weight is 312 g/mol. The molecule has 3 nitrogen and oxygen atoms in total. The average Bonchev–Trinajstić information content (AvgIpc) is 2.77. The normalized spacial score (nSPS) is 10.9. The van der Waals surface area contributed by atoms with Gasteiger partial charge in [-0.15, -0.1) is 0 Å². The van der Waals surface area contributed by atoms with Crippen molar-refractivity contribution in [2.45, 2.75) is 13.8 Å². The first-order valence-corrected chi connectivity index (χ1v) is 6.60. The molecular weight excluding hydrogens is 297 g/mol. The third-order valence-corrected chi connectivity index (χ3v) is 2.97. The van der Waals surface area contributed by atoms with Crippen LogP contribution in [0.15, 0.2) is 35.1 Å². The summed E-state index contributed by atoms with van der Waals surface area (Å²) in [5.74, 6) is 0.881. The molecule has 2 aromatic rings. The van der Waals surface area contributed by atoms with E-state index in [0.717, 1.165) is 11.0 Å². The highest BCUT2D eigenvalue weighted by Crippen LogP contribution is 2.22. The van der Waals surface area contributed by atoms with Crippen LogP contribution in [0.3, 0.4) is 0 Å². The van der Waals surface area contributed by atoms with Crippen molar-refractivity contribution in [2.75, 3.05) is 11.9 Å². The Hall–Kier alpha value is -1.36. The van der Waals surface area contributed by atoms with Crippen molar-refractivity contribution in [3.05, 3.63) is 40.9 Å². The number of hydrogen-bond donors (Lipinski definition) is 1. The number of benzene rings is 1. The van der Waals surface area contributed by atoms with E-state index in [0.29, 0.717) is 17.6 Å². The fraction of sp³-hybridized carbons (Fsp3) is 0.308. The van der Waals surface area contributed by atoms with E-state index in [1.807, 2.05) is 0 Å². The second-order valence-electron chi connectivity index (χ2n) is 4.49. The van der Waals surface area contributed by atoms with Gasteiger partial charge < -0.3 is 5.32 Å². The van der Waals surface area contributed by atoms with Crippen molar-refractivity contribution >= 4 is 21.9 Å². The Kier molecular flexibility index (Phi) is 4.01. The van der Waals surface area contributed by atoms with Crippen LogP contribution in [0.1, 0.15) is 13.8 Å². The maximum absolute atomic E-state index is 13.8. The topological polar surface area (TPSA) is 29.9 Å². The number of rotatable bonds is 4. The summed E-state index contributed by atoms with van der Waals surface area (Å²) in [6.07, 6.45) is 3.40. The third-order valence-electron chi connectivity index (χ3n) is 2.48. The molecule has 2 rings (SSSR count). The highest BCUT2D eigenvalue weighted by atomic mass is 79.9. The van der Waals surface area contributed by atoms with Gasteiger partial charge in [-0.25, -0.2) is 9.37 Å². The zero-order valence-corrected chi connectivity index (χ0v) is 11.9. The van der Waals surface area contributed by atoms with Crippen LogP contribution in [0.5, 0.6) is 0 Å². The minimum absolute atomic E-state index is 0.274. The molecule has 0 atom stereocenters. The molecule has 0 aliphatic rings. The monoisotopic (exact) mass is 311 g/mol. The summed E-state index contributed by atoms with van der Waals surface area (Å²) in [6.45, 7) is 5.02. The van der Waals surface area contributed by atoms with Gasteiger partial charge in [0, 0.05) is 23.4 Å². The molecule has 0 saturated heterocycles. The van der Waals surface area contributed by atoms with Crippen molar-refractivity contribution < 1.29 is 4.39 Å². The van der Waals surface area contributed by atoms with Crippen LogP contribution in [0.2, 0.25) is 0 Å². The molecule has 0 amide bonds. The molecule has 0 spiro atoms. The standard InChI is InChI=1S/C13H15BrFN3/c1-9(2)8-17-13-16-5-6-18(13)12-7-10(14)3-4-11(12)15/h3-7,9H,8H2,1-2H3,(H,16,17). The first kappa shape index (κ1) is 13.1. The van der Waals surface area contributed by atoms with Gasteiger partial charge in [-0.05, 0) is 24.1 Å². The Labute approximate surface area is 114 Å². The second kappa shape index (κ2) is 5.52. The lowest BCUT2D eigenvalue weighted by Gasteiger charge is -2.12. The number of nitrogens with one attached hydrogen (secondary N) is 1. The van der Waals surface area contributed by atoms with Crippen LogP contribution in [0, 0.1) is 11.7 Å². The summed E-state index contributed by atoms with van der Waals surface area (Å²) in [7, 11) is 0. The van der Waals surface area contributed by atoms with Crippen LogP contribution >= 0.6 is 15.9 Å². The van der Waals surface area contributed by atoms with E-state index in [-0.39, 0.29) is 5.82 Å². The lowest BCUT2D eigenvalue weighted by atomic mass is 10.2. The van der Waals surface area contributed by atoms with Gasteiger partial charge in [-0.3, -0.25) is 4.57 Å². The zero-order valence-electron chi connectivity index (χ0n) is 10.3. The first-order chi connectivity index (χ1) is 8.58. The molecule has 0 aliphatic carbocycles. The fourth-order valence-corrected chi connectivity index (χ4v) is 1.94. The second-order valence-corrected chi connectivity index (χ2v) is 5.41. The lowest BCUT2D eigenvalue weighted by molar-refractivity contribution is 0.617. The maximum Gasteiger partial charge on any atom is 0.207 e. The number of halogens is 2. The fourth-order valence-electron chi connectivity index (χ4n) is 1.59. The quantitative estimate of drug-likeness (QED) is 0.929. The summed E-state index contributed by atoms with van der Waals surface area (Å²) in [5.41, 5.74) is 0.480. The van der Waals surface area contributed by atoms with Crippen LogP contribution in [-0.2, 0) is 0 Å². The SMILES string of the molecule is CC(C)CNc1nccn1-c1cc(Br)ccc1F. The van der Waals surface area contributed by atoms with Gasteiger partial charge in [-0.2, -0.15) is 0 Å². The van der Waals surface area contributed by atoms with Crippen molar-refractivity contribution in [3.8, 4) is 5.69 Å². The Morgan fingerprint density at radius 1 is 1.44 bits per heavy atom. The van der Waals surface area contributed by atoms with Crippen LogP contribution in [0.4, 0.5) is 10.3 Å². The predicted molar refractivity (Wildman–Crippen MR) is 74.5 cm³/mol. The summed E-state index contributed by atoms with van der Waals surface area (Å²) in [5, 5.41) is 3.21. The molecule has 0 aliphatic heterocycles. The highest BCUT2D eigenvalue weighted by Gasteiger charge is 2.10. The number of nitrogens with zero attached hydrogens (tertiary/aromatic N) is 2. The number of aromatic nitrogens is 2. The smallest absolute Gasteiger partial charge is 0.207 e. The van der Waals surface area contributed by atoms with E-state index in [1.165, 1.54) is 6.07 Å². The maximum atomic E-state index is 13.8. The van der Waals surface area contributed by atoms with E-state index >= 15 is 0 Å². The van der Waals surface area contributed by atoms with Crippen molar-refractivity contribution in [2.24, 2.45) is 5.92 Å². The van der Waals surface area contributed by atoms with Crippen molar-refractivity contribution in [1.29, 1.82) is 0 Å². The van der Waals surface area contributed by atoms with E-state index in [1.54, 1.807) is 29.1 Å². The van der Waals surface area contributed by atoms with Gasteiger partial charge >= 0.3 is 0 Å². The Bertz CT molecular complexity index is 537. The van der Waals surface area contributed by atoms with E-state index in [4.69, 9.17) is 0 Å². The van der Waals surface area contributed by atoms with Crippen molar-refractivity contribution in [3.63, 3.8) is 0 Å². The molecule has 1 N–H and O–H groups in total. The Morgan fingerprint density at radius 2 is 2.22 bits per heavy atom. The zero-order chi connectivity index (χ0) is 13.1. The van der Waals surface area contributed by atoms with E-state index in [9.17, 15) is 4.39 Å². The van der Waals surface area contributed by atoms with Crippen LogP contribution < -0.4 is 5.32 Å². The molecule has 1 heterocycles.